The minimum Gasteiger partial charge on any atom is -0.491 e. The summed E-state index contributed by atoms with van der Waals surface area (Å²) in [5.74, 6) is 0.394. The van der Waals surface area contributed by atoms with Crippen LogP contribution >= 0.6 is 12.4 Å². The van der Waals surface area contributed by atoms with Crippen molar-refractivity contribution in [3.05, 3.63) is 29.3 Å². The number of ether oxygens (including phenoxy) is 1. The van der Waals surface area contributed by atoms with E-state index >= 15 is 0 Å². The second kappa shape index (κ2) is 5.47. The van der Waals surface area contributed by atoms with Gasteiger partial charge in [-0.15, -0.1) is 16.8 Å². The summed E-state index contributed by atoms with van der Waals surface area (Å²) in [7, 11) is -3.52. The highest BCUT2D eigenvalue weighted by Crippen LogP contribution is 2.32. The molecule has 4 N–H and O–H groups in total. The van der Waals surface area contributed by atoms with Crippen LogP contribution in [0.3, 0.4) is 0 Å². The van der Waals surface area contributed by atoms with E-state index in [1.807, 2.05) is 0 Å². The van der Waals surface area contributed by atoms with Crippen molar-refractivity contribution in [3.8, 4) is 5.75 Å². The van der Waals surface area contributed by atoms with Gasteiger partial charge in [-0.1, -0.05) is 12.1 Å². The molecule has 0 amide bonds. The van der Waals surface area contributed by atoms with Gasteiger partial charge in [-0.2, -0.15) is 0 Å². The van der Waals surface area contributed by atoms with Crippen molar-refractivity contribution in [2.75, 3.05) is 6.61 Å². The number of amidine groups is 1. The lowest BCUT2D eigenvalue weighted by Gasteiger charge is -2.37. The highest BCUT2D eigenvalue weighted by Gasteiger charge is 2.34. The standard InChI is InChI=1S/C13H17N3O3S.ClH/c14-12-11-9(7-20(17,18)16-12)3-1-4-10(11)19-8-13(15)5-2-6-13;/h1,3-4H,2,5-8,15H2,(H2,14,16);1H. The molecule has 1 aliphatic carbocycles. The van der Waals surface area contributed by atoms with E-state index in [4.69, 9.17) is 16.2 Å². The molecule has 0 radical (unpaired) electrons. The minimum absolute atomic E-state index is 0. The van der Waals surface area contributed by atoms with E-state index in [1.54, 1.807) is 18.2 Å². The van der Waals surface area contributed by atoms with Gasteiger partial charge in [0.2, 0.25) is 0 Å². The van der Waals surface area contributed by atoms with E-state index in [2.05, 4.69) is 4.40 Å². The Kier molecular flexibility index (Phi) is 4.19. The molecule has 0 spiro atoms. The van der Waals surface area contributed by atoms with Crippen LogP contribution in [0.25, 0.3) is 0 Å². The first-order valence-corrected chi connectivity index (χ1v) is 8.12. The van der Waals surface area contributed by atoms with Gasteiger partial charge >= 0.3 is 0 Å². The molecule has 1 aromatic rings. The summed E-state index contributed by atoms with van der Waals surface area (Å²) in [6, 6.07) is 5.25. The number of sulfonamides is 1. The van der Waals surface area contributed by atoms with Crippen LogP contribution in [0.1, 0.15) is 30.4 Å². The molecular weight excluding hydrogens is 314 g/mol. The second-order valence-corrected chi connectivity index (χ2v) is 7.13. The summed E-state index contributed by atoms with van der Waals surface area (Å²) >= 11 is 0. The van der Waals surface area contributed by atoms with Gasteiger partial charge in [0, 0.05) is 0 Å². The lowest BCUT2D eigenvalue weighted by molar-refractivity contribution is 0.142. The average Bonchev–Trinajstić information content (AvgIpc) is 2.32. The van der Waals surface area contributed by atoms with Gasteiger partial charge in [-0.05, 0) is 30.9 Å². The molecule has 116 valence electrons. The fraction of sp³-hybridized carbons (Fsp3) is 0.462. The predicted octanol–water partition coefficient (Wildman–Crippen LogP) is 0.917. The van der Waals surface area contributed by atoms with E-state index in [0.717, 1.165) is 19.3 Å². The molecule has 0 aromatic heterocycles. The summed E-state index contributed by atoms with van der Waals surface area (Å²) in [6.45, 7) is 0.406. The number of rotatable bonds is 3. The van der Waals surface area contributed by atoms with Gasteiger partial charge in [0.25, 0.3) is 10.0 Å². The largest absolute Gasteiger partial charge is 0.491 e. The summed E-state index contributed by atoms with van der Waals surface area (Å²) < 4.78 is 32.5. The Bertz CT molecular complexity index is 684. The van der Waals surface area contributed by atoms with Crippen LogP contribution in [0.15, 0.2) is 22.6 Å². The van der Waals surface area contributed by atoms with E-state index in [9.17, 15) is 8.42 Å². The molecule has 0 saturated heterocycles. The van der Waals surface area contributed by atoms with Crippen LogP contribution < -0.4 is 16.2 Å². The summed E-state index contributed by atoms with van der Waals surface area (Å²) in [4.78, 5) is 0. The van der Waals surface area contributed by atoms with Crippen LogP contribution in [-0.4, -0.2) is 26.4 Å². The zero-order valence-corrected chi connectivity index (χ0v) is 13.0. The first-order valence-electron chi connectivity index (χ1n) is 6.51. The minimum atomic E-state index is -3.52. The van der Waals surface area contributed by atoms with Gasteiger partial charge in [0.15, 0.2) is 0 Å². The maximum atomic E-state index is 11.6. The van der Waals surface area contributed by atoms with Crippen LogP contribution in [-0.2, 0) is 15.8 Å². The first-order chi connectivity index (χ1) is 9.39. The lowest BCUT2D eigenvalue weighted by Crippen LogP contribution is -2.51. The molecule has 1 aromatic carbocycles. The molecule has 0 bridgehead atoms. The first kappa shape index (κ1) is 16.1. The third-order valence-electron chi connectivity index (χ3n) is 3.81. The number of nitrogens with two attached hydrogens (primary N) is 2. The van der Waals surface area contributed by atoms with E-state index in [-0.39, 0.29) is 29.5 Å². The van der Waals surface area contributed by atoms with Gasteiger partial charge in [0.05, 0.1) is 16.9 Å². The molecule has 3 rings (SSSR count). The smallest absolute Gasteiger partial charge is 0.259 e. The van der Waals surface area contributed by atoms with Crippen LogP contribution in [0.4, 0.5) is 0 Å². The molecule has 0 unspecified atom stereocenters. The molecule has 21 heavy (non-hydrogen) atoms. The Morgan fingerprint density at radius 3 is 2.67 bits per heavy atom. The fourth-order valence-corrected chi connectivity index (χ4v) is 3.62. The van der Waals surface area contributed by atoms with Crippen LogP contribution in [0.2, 0.25) is 0 Å². The Morgan fingerprint density at radius 2 is 2.05 bits per heavy atom. The fourth-order valence-electron chi connectivity index (χ4n) is 2.53. The van der Waals surface area contributed by atoms with Crippen molar-refractivity contribution in [2.45, 2.75) is 30.6 Å². The lowest BCUT2D eigenvalue weighted by atomic mass is 9.78. The summed E-state index contributed by atoms with van der Waals surface area (Å²) in [5, 5.41) is 0. The normalized spacial score (nSPS) is 21.3. The Hall–Kier alpha value is -1.31. The van der Waals surface area contributed by atoms with E-state index < -0.39 is 10.0 Å². The molecular formula is C13H18ClN3O3S. The molecule has 1 heterocycles. The SMILES string of the molecule is Cl.NC1=NS(=O)(=O)Cc2cccc(OCC3(N)CCC3)c21. The van der Waals surface area contributed by atoms with Crippen molar-refractivity contribution in [2.24, 2.45) is 15.9 Å². The van der Waals surface area contributed by atoms with Crippen molar-refractivity contribution >= 4 is 28.3 Å². The number of hydrogen-bond acceptors (Lipinski definition) is 5. The average molecular weight is 332 g/mol. The maximum Gasteiger partial charge on any atom is 0.259 e. The summed E-state index contributed by atoms with van der Waals surface area (Å²) in [6.07, 6.45) is 3.01. The monoisotopic (exact) mass is 331 g/mol. The Labute approximate surface area is 130 Å². The van der Waals surface area contributed by atoms with Crippen molar-refractivity contribution in [3.63, 3.8) is 0 Å². The second-order valence-electron chi connectivity index (χ2n) is 5.50. The van der Waals surface area contributed by atoms with Gasteiger partial charge < -0.3 is 16.2 Å². The Balaban J connectivity index is 0.00000161. The number of benzene rings is 1. The molecule has 1 fully saturated rings. The van der Waals surface area contributed by atoms with Crippen molar-refractivity contribution in [1.82, 2.24) is 0 Å². The van der Waals surface area contributed by atoms with Gasteiger partial charge in [0.1, 0.15) is 18.2 Å². The zero-order valence-electron chi connectivity index (χ0n) is 11.4. The Morgan fingerprint density at radius 1 is 1.33 bits per heavy atom. The molecule has 6 nitrogen and oxygen atoms in total. The summed E-state index contributed by atoms with van der Waals surface area (Å²) in [5.41, 5.74) is 12.8. The van der Waals surface area contributed by atoms with E-state index in [1.165, 1.54) is 0 Å². The quantitative estimate of drug-likeness (QED) is 0.856. The topological polar surface area (TPSA) is 108 Å². The number of nitrogens with zero attached hydrogens (tertiary/aromatic N) is 1. The van der Waals surface area contributed by atoms with Crippen molar-refractivity contribution in [1.29, 1.82) is 0 Å². The number of halogens is 1. The number of fused-ring (bicyclic) bond motifs is 1. The third-order valence-corrected chi connectivity index (χ3v) is 4.96. The van der Waals surface area contributed by atoms with Gasteiger partial charge in [-0.25, -0.2) is 8.42 Å². The molecule has 8 heteroatoms. The van der Waals surface area contributed by atoms with Gasteiger partial charge in [-0.3, -0.25) is 0 Å². The maximum absolute atomic E-state index is 11.6. The number of hydrogen-bond donors (Lipinski definition) is 2. The van der Waals surface area contributed by atoms with E-state index in [0.29, 0.717) is 23.5 Å². The van der Waals surface area contributed by atoms with Crippen molar-refractivity contribution < 1.29 is 13.2 Å². The zero-order chi connectivity index (χ0) is 14.4. The molecule has 1 saturated carbocycles. The van der Waals surface area contributed by atoms with Crippen LogP contribution in [0, 0.1) is 0 Å². The molecule has 1 aliphatic heterocycles. The third kappa shape index (κ3) is 3.14. The predicted molar refractivity (Wildman–Crippen MR) is 83.3 cm³/mol. The molecule has 2 aliphatic rings. The highest BCUT2D eigenvalue weighted by molar-refractivity contribution is 7.89. The van der Waals surface area contributed by atoms with Crippen LogP contribution in [0.5, 0.6) is 5.75 Å². The highest BCUT2D eigenvalue weighted by atomic mass is 35.5. The molecule has 0 atom stereocenters.